The van der Waals surface area contributed by atoms with E-state index in [1.54, 1.807) is 18.5 Å². The van der Waals surface area contributed by atoms with E-state index in [0.29, 0.717) is 5.89 Å². The van der Waals surface area contributed by atoms with E-state index in [2.05, 4.69) is 4.98 Å². The number of nitrogens with zero attached hydrogens (tertiary/aromatic N) is 1. The maximum Gasteiger partial charge on any atom is 0.218 e. The van der Waals surface area contributed by atoms with E-state index in [-0.39, 0.29) is 0 Å². The van der Waals surface area contributed by atoms with Crippen molar-refractivity contribution in [2.45, 2.75) is 6.92 Å². The highest BCUT2D eigenvalue weighted by Gasteiger charge is 1.83. The minimum Gasteiger partial charge on any atom is -0.445 e. The third kappa shape index (κ3) is 0.964. The van der Waals surface area contributed by atoms with Gasteiger partial charge in [-0.15, -0.1) is 0 Å². The quantitative estimate of drug-likeness (QED) is 0.548. The lowest BCUT2D eigenvalue weighted by Gasteiger charge is -1.74. The summed E-state index contributed by atoms with van der Waals surface area (Å²) >= 11 is 0. The van der Waals surface area contributed by atoms with Crippen LogP contribution in [0.25, 0.3) is 6.08 Å². The van der Waals surface area contributed by atoms with Crippen LogP contribution in [-0.4, -0.2) is 4.98 Å². The number of hydrogen-bond acceptors (Lipinski definition) is 2. The molecule has 0 unspecified atom stereocenters. The molecule has 2 heteroatoms. The largest absolute Gasteiger partial charge is 0.445 e. The zero-order valence-electron chi connectivity index (χ0n) is 4.66. The van der Waals surface area contributed by atoms with Crippen molar-refractivity contribution >= 4 is 6.08 Å². The van der Waals surface area contributed by atoms with Gasteiger partial charge in [-0.25, -0.2) is 4.98 Å². The Morgan fingerprint density at radius 3 is 3.12 bits per heavy atom. The monoisotopic (exact) mass is 109 g/mol. The lowest BCUT2D eigenvalue weighted by Crippen LogP contribution is -1.63. The Morgan fingerprint density at radius 1 is 1.75 bits per heavy atom. The van der Waals surface area contributed by atoms with Crippen LogP contribution in [0.1, 0.15) is 12.8 Å². The second-order valence-corrected chi connectivity index (χ2v) is 1.37. The van der Waals surface area contributed by atoms with Crippen molar-refractivity contribution < 1.29 is 4.42 Å². The zero-order chi connectivity index (χ0) is 5.82. The third-order valence-corrected chi connectivity index (χ3v) is 0.761. The summed E-state index contributed by atoms with van der Waals surface area (Å²) in [7, 11) is 0. The van der Waals surface area contributed by atoms with Gasteiger partial charge in [-0.05, 0) is 13.0 Å². The molecule has 0 N–H and O–H groups in total. The lowest BCUT2D eigenvalue weighted by atomic mass is 10.5. The van der Waals surface area contributed by atoms with Gasteiger partial charge in [0, 0.05) is 0 Å². The van der Waals surface area contributed by atoms with Gasteiger partial charge in [-0.3, -0.25) is 0 Å². The summed E-state index contributed by atoms with van der Waals surface area (Å²) in [6, 6.07) is 0. The second kappa shape index (κ2) is 2.31. The predicted octanol–water partition coefficient (Wildman–Crippen LogP) is 1.71. The molecule has 0 saturated heterocycles. The van der Waals surface area contributed by atoms with E-state index in [9.17, 15) is 0 Å². The van der Waals surface area contributed by atoms with Crippen molar-refractivity contribution in [2.75, 3.05) is 0 Å². The molecule has 8 heavy (non-hydrogen) atoms. The van der Waals surface area contributed by atoms with Gasteiger partial charge in [0.1, 0.15) is 6.26 Å². The van der Waals surface area contributed by atoms with Gasteiger partial charge >= 0.3 is 0 Å². The summed E-state index contributed by atoms with van der Waals surface area (Å²) in [6.07, 6.45) is 6.86. The zero-order valence-corrected chi connectivity index (χ0v) is 4.66. The van der Waals surface area contributed by atoms with E-state index in [1.807, 2.05) is 13.0 Å². The first-order chi connectivity index (χ1) is 3.93. The first-order valence-corrected chi connectivity index (χ1v) is 2.45. The summed E-state index contributed by atoms with van der Waals surface area (Å²) in [5.74, 6) is 0.660. The smallest absolute Gasteiger partial charge is 0.218 e. The highest BCUT2D eigenvalue weighted by atomic mass is 16.3. The highest BCUT2D eigenvalue weighted by Crippen LogP contribution is 1.95. The van der Waals surface area contributed by atoms with Crippen molar-refractivity contribution in [1.82, 2.24) is 4.98 Å². The first kappa shape index (κ1) is 5.09. The molecule has 1 aromatic heterocycles. The van der Waals surface area contributed by atoms with Crippen LogP contribution in [-0.2, 0) is 0 Å². The molecule has 0 aromatic carbocycles. The van der Waals surface area contributed by atoms with Gasteiger partial charge in [0.15, 0.2) is 0 Å². The Morgan fingerprint density at radius 2 is 2.62 bits per heavy atom. The van der Waals surface area contributed by atoms with Crippen LogP contribution in [0.3, 0.4) is 0 Å². The molecular formula is C6H7NO. The molecule has 1 heterocycles. The summed E-state index contributed by atoms with van der Waals surface area (Å²) < 4.78 is 4.88. The molecule has 1 aromatic rings. The van der Waals surface area contributed by atoms with Gasteiger partial charge in [0.2, 0.25) is 5.89 Å². The summed E-state index contributed by atoms with van der Waals surface area (Å²) in [5.41, 5.74) is 0. The Labute approximate surface area is 47.9 Å². The average Bonchev–Trinajstić information content (AvgIpc) is 2.19. The molecule has 0 amide bonds. The van der Waals surface area contributed by atoms with Gasteiger partial charge in [0.25, 0.3) is 0 Å². The minimum absolute atomic E-state index is 0.660. The maximum absolute atomic E-state index is 4.88. The van der Waals surface area contributed by atoms with Crippen molar-refractivity contribution in [3.63, 3.8) is 0 Å². The second-order valence-electron chi connectivity index (χ2n) is 1.37. The molecule has 42 valence electrons. The molecule has 2 nitrogen and oxygen atoms in total. The Hall–Kier alpha value is -1.05. The van der Waals surface area contributed by atoms with Crippen LogP contribution in [0, 0.1) is 0 Å². The highest BCUT2D eigenvalue weighted by molar-refractivity contribution is 5.35. The van der Waals surface area contributed by atoms with Crippen LogP contribution in [0.15, 0.2) is 23.0 Å². The lowest BCUT2D eigenvalue weighted by molar-refractivity contribution is 0.546. The van der Waals surface area contributed by atoms with Crippen LogP contribution >= 0.6 is 0 Å². The van der Waals surface area contributed by atoms with E-state index < -0.39 is 0 Å². The van der Waals surface area contributed by atoms with Crippen LogP contribution in [0.4, 0.5) is 0 Å². The first-order valence-electron chi connectivity index (χ1n) is 2.45. The Bertz CT molecular complexity index is 165. The fourth-order valence-corrected chi connectivity index (χ4v) is 0.459. The number of allylic oxidation sites excluding steroid dienone is 1. The van der Waals surface area contributed by atoms with Gasteiger partial charge in [-0.2, -0.15) is 0 Å². The Balaban J connectivity index is 2.77. The fourth-order valence-electron chi connectivity index (χ4n) is 0.459. The van der Waals surface area contributed by atoms with E-state index in [0.717, 1.165) is 0 Å². The Kier molecular flexibility index (Phi) is 1.47. The molecule has 0 aliphatic carbocycles. The predicted molar refractivity (Wildman–Crippen MR) is 31.2 cm³/mol. The van der Waals surface area contributed by atoms with Crippen molar-refractivity contribution in [3.8, 4) is 0 Å². The van der Waals surface area contributed by atoms with Gasteiger partial charge in [-0.1, -0.05) is 6.08 Å². The third-order valence-electron chi connectivity index (χ3n) is 0.761. The summed E-state index contributed by atoms with van der Waals surface area (Å²) in [5, 5.41) is 0. The number of oxazole rings is 1. The van der Waals surface area contributed by atoms with Crippen LogP contribution in [0.5, 0.6) is 0 Å². The number of rotatable bonds is 1. The average molecular weight is 109 g/mol. The molecule has 0 saturated carbocycles. The standard InChI is InChI=1S/C6H7NO/c1-2-3-6-7-4-5-8-6/h2-5H,1H3. The van der Waals surface area contributed by atoms with Crippen molar-refractivity contribution in [1.29, 1.82) is 0 Å². The molecule has 0 fully saturated rings. The van der Waals surface area contributed by atoms with Crippen LogP contribution in [0.2, 0.25) is 0 Å². The minimum atomic E-state index is 0.660. The molecule has 0 aliphatic heterocycles. The molecule has 0 bridgehead atoms. The summed E-state index contributed by atoms with van der Waals surface area (Å²) in [4.78, 5) is 3.85. The summed E-state index contributed by atoms with van der Waals surface area (Å²) in [6.45, 7) is 1.92. The van der Waals surface area contributed by atoms with Gasteiger partial charge < -0.3 is 4.42 Å². The molecule has 0 aliphatic rings. The van der Waals surface area contributed by atoms with E-state index >= 15 is 0 Å². The molecule has 0 atom stereocenters. The molecule has 1 rings (SSSR count). The van der Waals surface area contributed by atoms with Crippen LogP contribution < -0.4 is 0 Å². The van der Waals surface area contributed by atoms with Gasteiger partial charge in [0.05, 0.1) is 6.20 Å². The van der Waals surface area contributed by atoms with E-state index in [4.69, 9.17) is 4.42 Å². The molecule has 0 radical (unpaired) electrons. The topological polar surface area (TPSA) is 26.0 Å². The molecular weight excluding hydrogens is 102 g/mol. The van der Waals surface area contributed by atoms with E-state index in [1.165, 1.54) is 0 Å². The SMILES string of the molecule is CC=Cc1ncco1. The maximum atomic E-state index is 4.88. The molecule has 0 spiro atoms. The number of aromatic nitrogens is 1. The fraction of sp³-hybridized carbons (Fsp3) is 0.167. The normalized spacial score (nSPS) is 10.6. The van der Waals surface area contributed by atoms with Crippen molar-refractivity contribution in [2.24, 2.45) is 0 Å². The number of hydrogen-bond donors (Lipinski definition) is 0. The van der Waals surface area contributed by atoms with Crippen molar-refractivity contribution in [3.05, 3.63) is 24.4 Å².